The Hall–Kier alpha value is -2.10. The highest BCUT2D eigenvalue weighted by molar-refractivity contribution is 5.69. The van der Waals surface area contributed by atoms with E-state index in [1.807, 2.05) is 0 Å². The largest absolute Gasteiger partial charge is 0.499 e. The van der Waals surface area contributed by atoms with Crippen LogP contribution in [0.5, 0.6) is 5.75 Å². The van der Waals surface area contributed by atoms with Crippen molar-refractivity contribution in [1.29, 1.82) is 0 Å². The van der Waals surface area contributed by atoms with Crippen molar-refractivity contribution in [2.24, 2.45) is 0 Å². The van der Waals surface area contributed by atoms with Crippen LogP contribution in [0.1, 0.15) is 58.4 Å². The van der Waals surface area contributed by atoms with Crippen molar-refractivity contribution < 1.29 is 41.3 Å². The molecule has 174 valence electrons. The summed E-state index contributed by atoms with van der Waals surface area (Å²) in [5.74, 6) is -0.666. The minimum atomic E-state index is -5.84. The number of fused-ring (bicyclic) bond motifs is 2. The third-order valence-corrected chi connectivity index (χ3v) is 5.58. The third kappa shape index (κ3) is 5.05. The van der Waals surface area contributed by atoms with Crippen LogP contribution in [0.2, 0.25) is 0 Å². The molecule has 0 spiro atoms. The summed E-state index contributed by atoms with van der Waals surface area (Å²) in [6.45, 7) is 5.31. The molecule has 2 heterocycles. The molecule has 2 fully saturated rings. The van der Waals surface area contributed by atoms with Gasteiger partial charge in [0.1, 0.15) is 11.4 Å². The lowest BCUT2D eigenvalue weighted by Gasteiger charge is -2.51. The van der Waals surface area contributed by atoms with Gasteiger partial charge in [0.05, 0.1) is 5.60 Å². The van der Waals surface area contributed by atoms with Crippen molar-refractivity contribution in [1.82, 2.24) is 4.90 Å². The third-order valence-electron chi connectivity index (χ3n) is 5.58. The van der Waals surface area contributed by atoms with Crippen molar-refractivity contribution in [3.05, 3.63) is 29.8 Å². The van der Waals surface area contributed by atoms with E-state index < -0.39 is 35.3 Å². The molecule has 2 saturated heterocycles. The van der Waals surface area contributed by atoms with E-state index in [-0.39, 0.29) is 24.9 Å². The maximum Gasteiger partial charge on any atom is 0.499 e. The molecule has 2 bridgehead atoms. The lowest BCUT2D eigenvalue weighted by molar-refractivity contribution is -0.360. The van der Waals surface area contributed by atoms with Gasteiger partial charge in [-0.15, -0.1) is 0 Å². The van der Waals surface area contributed by atoms with E-state index in [0.29, 0.717) is 18.4 Å². The molecule has 2 atom stereocenters. The van der Waals surface area contributed by atoms with Crippen molar-refractivity contribution in [3.8, 4) is 5.75 Å². The quantitative estimate of drug-likeness (QED) is 0.629. The first kappa shape index (κ1) is 23.6. The molecule has 1 aromatic carbocycles. The molecule has 0 radical (unpaired) electrons. The molecule has 1 aromatic rings. The van der Waals surface area contributed by atoms with Crippen LogP contribution in [0.25, 0.3) is 0 Å². The van der Waals surface area contributed by atoms with Crippen LogP contribution in [-0.2, 0) is 10.3 Å². The number of carbonyl (C=O) groups excluding carboxylic acids is 1. The summed E-state index contributed by atoms with van der Waals surface area (Å²) in [5.41, 5.74) is -1.64. The summed E-state index contributed by atoms with van der Waals surface area (Å²) < 4.78 is 72.5. The molecule has 0 aromatic heterocycles. The zero-order chi connectivity index (χ0) is 23.2. The lowest BCUT2D eigenvalue weighted by atomic mass is 9.72. The van der Waals surface area contributed by atoms with Crippen LogP contribution in [0.4, 0.5) is 26.7 Å². The normalized spacial score (nSPS) is 27.1. The Kier molecular flexibility index (Phi) is 5.92. The van der Waals surface area contributed by atoms with E-state index in [1.54, 1.807) is 25.7 Å². The second kappa shape index (κ2) is 7.79. The Morgan fingerprint density at radius 3 is 2.00 bits per heavy atom. The number of aliphatic hydroxyl groups is 1. The molecular weight excluding hydrogens is 425 g/mol. The molecule has 0 aliphatic carbocycles. The van der Waals surface area contributed by atoms with Crippen molar-refractivity contribution >= 4 is 6.09 Å². The van der Waals surface area contributed by atoms with Gasteiger partial charge < -0.3 is 19.5 Å². The summed E-state index contributed by atoms with van der Waals surface area (Å²) in [4.78, 5) is 14.3. The summed E-state index contributed by atoms with van der Waals surface area (Å²) >= 11 is 0. The number of hydrogen-bond donors (Lipinski definition) is 1. The van der Waals surface area contributed by atoms with Crippen LogP contribution in [0, 0.1) is 0 Å². The van der Waals surface area contributed by atoms with E-state index in [0.717, 1.165) is 18.6 Å². The zero-order valence-electron chi connectivity index (χ0n) is 17.5. The highest BCUT2D eigenvalue weighted by atomic mass is 19.4. The van der Waals surface area contributed by atoms with Crippen LogP contribution >= 0.6 is 0 Å². The topological polar surface area (TPSA) is 59.0 Å². The van der Waals surface area contributed by atoms with Gasteiger partial charge in [-0.25, -0.2) is 4.79 Å². The van der Waals surface area contributed by atoms with Crippen molar-refractivity contribution in [2.75, 3.05) is 0 Å². The van der Waals surface area contributed by atoms with Gasteiger partial charge >= 0.3 is 18.4 Å². The van der Waals surface area contributed by atoms with Crippen molar-refractivity contribution in [2.45, 2.75) is 88.4 Å². The number of nitrogens with zero attached hydrogens (tertiary/aromatic N) is 1. The number of hydrogen-bond acceptors (Lipinski definition) is 4. The minimum Gasteiger partial charge on any atom is -0.444 e. The molecular formula is C21H26F5NO4. The molecule has 3 rings (SSSR count). The van der Waals surface area contributed by atoms with E-state index in [9.17, 15) is 31.9 Å². The SMILES string of the molecule is CC(C)(C)OC(=O)N1C2CCCC1CC(O)(c1ccc(OC(F)(F)C(F)(F)F)cc1)C2. The molecule has 1 amide bonds. The van der Waals surface area contributed by atoms with Crippen LogP contribution < -0.4 is 4.74 Å². The van der Waals surface area contributed by atoms with E-state index in [2.05, 4.69) is 4.74 Å². The summed E-state index contributed by atoms with van der Waals surface area (Å²) in [6, 6.07) is 3.98. The molecule has 5 nitrogen and oxygen atoms in total. The minimum absolute atomic E-state index is 0.210. The smallest absolute Gasteiger partial charge is 0.444 e. The van der Waals surface area contributed by atoms with E-state index in [4.69, 9.17) is 4.74 Å². The first-order chi connectivity index (χ1) is 14.1. The second-order valence-corrected chi connectivity index (χ2v) is 9.21. The summed E-state index contributed by atoms with van der Waals surface area (Å²) in [5, 5.41) is 11.3. The molecule has 10 heteroatoms. The zero-order valence-corrected chi connectivity index (χ0v) is 17.5. The summed E-state index contributed by atoms with van der Waals surface area (Å²) in [7, 11) is 0. The van der Waals surface area contributed by atoms with Gasteiger partial charge in [0.15, 0.2) is 0 Å². The molecule has 2 unspecified atom stereocenters. The van der Waals surface area contributed by atoms with Gasteiger partial charge in [0.25, 0.3) is 0 Å². The number of piperidine rings is 2. The summed E-state index contributed by atoms with van der Waals surface area (Å²) in [6.07, 6.45) is -8.93. The van der Waals surface area contributed by atoms with Gasteiger partial charge in [-0.05, 0) is 57.7 Å². The second-order valence-electron chi connectivity index (χ2n) is 9.21. The maximum absolute atomic E-state index is 13.1. The Labute approximate surface area is 177 Å². The number of ether oxygens (including phenoxy) is 2. The molecule has 31 heavy (non-hydrogen) atoms. The average molecular weight is 451 g/mol. The highest BCUT2D eigenvalue weighted by Crippen LogP contribution is 2.45. The van der Waals surface area contributed by atoms with Crippen LogP contribution in [0.3, 0.4) is 0 Å². The van der Waals surface area contributed by atoms with Gasteiger partial charge in [-0.3, -0.25) is 0 Å². The number of halogens is 5. The maximum atomic E-state index is 13.1. The van der Waals surface area contributed by atoms with Crippen molar-refractivity contribution in [3.63, 3.8) is 0 Å². The Morgan fingerprint density at radius 1 is 1.03 bits per heavy atom. The lowest BCUT2D eigenvalue weighted by Crippen LogP contribution is -2.59. The van der Waals surface area contributed by atoms with E-state index >= 15 is 0 Å². The molecule has 1 N–H and O–H groups in total. The fourth-order valence-corrected chi connectivity index (χ4v) is 4.32. The number of alkyl halides is 5. The van der Waals surface area contributed by atoms with E-state index in [1.165, 1.54) is 12.1 Å². The highest BCUT2D eigenvalue weighted by Gasteiger charge is 2.61. The Morgan fingerprint density at radius 2 is 1.55 bits per heavy atom. The number of amides is 1. The number of benzene rings is 1. The van der Waals surface area contributed by atoms with Gasteiger partial charge in [0, 0.05) is 24.9 Å². The van der Waals surface area contributed by atoms with Crippen LogP contribution in [0.15, 0.2) is 24.3 Å². The fraction of sp³-hybridized carbons (Fsp3) is 0.667. The molecule has 0 saturated carbocycles. The molecule has 2 aliphatic heterocycles. The first-order valence-electron chi connectivity index (χ1n) is 10.1. The van der Waals surface area contributed by atoms with Crippen LogP contribution in [-0.4, -0.2) is 46.1 Å². The Bertz CT molecular complexity index is 789. The Balaban J connectivity index is 1.76. The fourth-order valence-electron chi connectivity index (χ4n) is 4.32. The van der Waals surface area contributed by atoms with Gasteiger partial charge in [0.2, 0.25) is 0 Å². The first-order valence-corrected chi connectivity index (χ1v) is 10.1. The monoisotopic (exact) mass is 451 g/mol. The molecule has 2 aliphatic rings. The standard InChI is InChI=1S/C21H26F5NO4/c1-18(2,3)31-17(28)27-14-5-4-6-15(27)12-19(29,11-14)13-7-9-16(10-8-13)30-21(25,26)20(22,23)24/h7-10,14-15,29H,4-6,11-12H2,1-3H3. The number of carbonyl (C=O) groups is 1. The van der Waals surface area contributed by atoms with Gasteiger partial charge in [-0.1, -0.05) is 12.1 Å². The average Bonchev–Trinajstić information content (AvgIpc) is 2.58. The predicted molar refractivity (Wildman–Crippen MR) is 101 cm³/mol. The van der Waals surface area contributed by atoms with Gasteiger partial charge in [-0.2, -0.15) is 22.0 Å². The predicted octanol–water partition coefficient (Wildman–Crippen LogP) is 5.36. The number of rotatable bonds is 3.